The maximum absolute atomic E-state index is 12.8. The van der Waals surface area contributed by atoms with E-state index in [0.29, 0.717) is 43.2 Å². The Kier molecular flexibility index (Phi) is 8.37. The zero-order valence-electron chi connectivity index (χ0n) is 18.9. The molecule has 2 aromatic rings. The number of hydrazone groups is 1. The van der Waals surface area contributed by atoms with Gasteiger partial charge in [-0.3, -0.25) is 4.90 Å². The van der Waals surface area contributed by atoms with E-state index in [1.807, 2.05) is 0 Å². The van der Waals surface area contributed by atoms with Crippen LogP contribution in [-0.2, 0) is 14.8 Å². The molecule has 0 unspecified atom stereocenters. The van der Waals surface area contributed by atoms with Gasteiger partial charge in [-0.25, -0.2) is 5.01 Å². The lowest BCUT2D eigenvalue weighted by Crippen LogP contribution is -2.41. The summed E-state index contributed by atoms with van der Waals surface area (Å²) in [6.45, 7) is 3.97. The van der Waals surface area contributed by atoms with Crippen LogP contribution in [0, 0.1) is 0 Å². The number of halogens is 1. The maximum Gasteiger partial charge on any atom is 0.288 e. The minimum atomic E-state index is -3.92. The Balaban J connectivity index is 0.00000324. The Morgan fingerprint density at radius 2 is 1.91 bits per heavy atom. The maximum atomic E-state index is 12.8. The number of hydrogen-bond acceptors (Lipinski definition) is 9. The van der Waals surface area contributed by atoms with Crippen LogP contribution in [0.15, 0.2) is 50.8 Å². The quantitative estimate of drug-likeness (QED) is 0.444. The second-order valence-corrected chi connectivity index (χ2v) is 9.02. The average Bonchev–Trinajstić information content (AvgIpc) is 3.11. The largest absolute Gasteiger partial charge is 0.504 e. The topological polar surface area (TPSA) is 113 Å². The van der Waals surface area contributed by atoms with Crippen molar-refractivity contribution in [1.29, 1.82) is 0 Å². The number of sulfonamides is 1. The van der Waals surface area contributed by atoms with Gasteiger partial charge in [-0.2, -0.15) is 13.5 Å². The van der Waals surface area contributed by atoms with Gasteiger partial charge in [0.05, 0.1) is 40.2 Å². The van der Waals surface area contributed by atoms with Crippen molar-refractivity contribution in [3.05, 3.63) is 47.5 Å². The van der Waals surface area contributed by atoms with Gasteiger partial charge in [-0.15, -0.1) is 16.8 Å². The van der Waals surface area contributed by atoms with Gasteiger partial charge in [0.15, 0.2) is 17.3 Å². The third-order valence-electron chi connectivity index (χ3n) is 5.43. The van der Waals surface area contributed by atoms with E-state index in [1.165, 1.54) is 20.3 Å². The molecular formula is C22H27ClN4O6S. The fraction of sp³-hybridized carbons (Fsp3) is 0.364. The molecule has 0 atom stereocenters. The number of benzene rings is 2. The van der Waals surface area contributed by atoms with Crippen LogP contribution in [-0.4, -0.2) is 89.1 Å². The summed E-state index contributed by atoms with van der Waals surface area (Å²) in [6, 6.07) is 9.86. The summed E-state index contributed by atoms with van der Waals surface area (Å²) in [7, 11) is -1.03. The minimum absolute atomic E-state index is 0. The van der Waals surface area contributed by atoms with Crippen LogP contribution < -0.4 is 9.47 Å². The summed E-state index contributed by atoms with van der Waals surface area (Å²) >= 11 is 0. The highest BCUT2D eigenvalue weighted by Gasteiger charge is 2.35. The smallest absolute Gasteiger partial charge is 0.288 e. The number of methoxy groups -OCH3 is 2. The van der Waals surface area contributed by atoms with Gasteiger partial charge >= 0.3 is 0 Å². The molecule has 0 radical (unpaired) electrons. The standard InChI is InChI=1S/C22H26N4O6S.ClH/c1-30-19-5-3-4-17-21(19)33(28,29)24-22(17)26(9-8-25-10-12-32-13-11-25)23-15-16-6-7-18(27)20(14-16)31-2;/h3-7,14-15,27H,8-13H2,1-2H3;1H/b23-15+;. The molecule has 10 nitrogen and oxygen atoms in total. The fourth-order valence-electron chi connectivity index (χ4n) is 3.70. The number of ether oxygens (including phenoxy) is 3. The third kappa shape index (κ3) is 5.44. The summed E-state index contributed by atoms with van der Waals surface area (Å²) in [4.78, 5) is 2.27. The van der Waals surface area contributed by atoms with Crippen LogP contribution in [0.25, 0.3) is 0 Å². The van der Waals surface area contributed by atoms with Crippen molar-refractivity contribution in [1.82, 2.24) is 9.91 Å². The first-order chi connectivity index (χ1) is 15.9. The Morgan fingerprint density at radius 1 is 1.18 bits per heavy atom. The zero-order valence-corrected chi connectivity index (χ0v) is 20.5. The molecule has 1 saturated heterocycles. The van der Waals surface area contributed by atoms with Crippen LogP contribution in [0.2, 0.25) is 0 Å². The lowest BCUT2D eigenvalue weighted by atomic mass is 10.2. The molecular weight excluding hydrogens is 484 g/mol. The van der Waals surface area contributed by atoms with Gasteiger partial charge in [-0.1, -0.05) is 6.07 Å². The highest BCUT2D eigenvalue weighted by molar-refractivity contribution is 7.90. The van der Waals surface area contributed by atoms with Crippen molar-refractivity contribution in [2.75, 3.05) is 53.6 Å². The Bertz CT molecular complexity index is 1180. The molecule has 0 amide bonds. The average molecular weight is 511 g/mol. The first-order valence-electron chi connectivity index (χ1n) is 10.4. The molecule has 2 aliphatic rings. The van der Waals surface area contributed by atoms with Gasteiger partial charge in [0, 0.05) is 25.2 Å². The highest BCUT2D eigenvalue weighted by Crippen LogP contribution is 2.35. The summed E-state index contributed by atoms with van der Waals surface area (Å²) < 4.78 is 45.5. The highest BCUT2D eigenvalue weighted by atomic mass is 35.5. The lowest BCUT2D eigenvalue weighted by molar-refractivity contribution is 0.0360. The summed E-state index contributed by atoms with van der Waals surface area (Å²) in [5.41, 5.74) is 1.12. The number of nitrogens with zero attached hydrogens (tertiary/aromatic N) is 4. The van der Waals surface area contributed by atoms with Crippen molar-refractivity contribution in [2.24, 2.45) is 9.50 Å². The van der Waals surface area contributed by atoms with E-state index in [0.717, 1.165) is 13.1 Å². The fourth-order valence-corrected chi connectivity index (χ4v) is 5.06. The number of aromatic hydroxyl groups is 1. The Morgan fingerprint density at radius 3 is 2.62 bits per heavy atom. The number of phenolic OH excluding ortho intramolecular Hbond substituents is 1. The molecule has 4 rings (SSSR count). The molecule has 0 aromatic heterocycles. The number of morpholine rings is 1. The van der Waals surface area contributed by atoms with Crippen molar-refractivity contribution in [3.8, 4) is 17.2 Å². The predicted octanol–water partition coefficient (Wildman–Crippen LogP) is 1.95. The van der Waals surface area contributed by atoms with Gasteiger partial charge in [0.1, 0.15) is 10.6 Å². The van der Waals surface area contributed by atoms with Gasteiger partial charge < -0.3 is 19.3 Å². The molecule has 2 heterocycles. The molecule has 2 aromatic carbocycles. The van der Waals surface area contributed by atoms with E-state index >= 15 is 0 Å². The first-order valence-corrected chi connectivity index (χ1v) is 11.9. The predicted molar refractivity (Wildman–Crippen MR) is 130 cm³/mol. The van der Waals surface area contributed by atoms with E-state index in [1.54, 1.807) is 41.6 Å². The van der Waals surface area contributed by atoms with E-state index in [2.05, 4.69) is 14.4 Å². The van der Waals surface area contributed by atoms with Gasteiger partial charge in [0.2, 0.25) is 0 Å². The number of fused-ring (bicyclic) bond motifs is 1. The SMILES string of the molecule is COc1cc(/C=N/N(CCN2CCOCC2)C2=NS(=O)(=O)c3c(OC)cccc32)ccc1O.Cl. The van der Waals surface area contributed by atoms with Crippen LogP contribution in [0.3, 0.4) is 0 Å². The lowest BCUT2D eigenvalue weighted by Gasteiger charge is -2.28. The molecule has 12 heteroatoms. The molecule has 1 fully saturated rings. The normalized spacial score (nSPS) is 17.1. The summed E-state index contributed by atoms with van der Waals surface area (Å²) in [5.74, 6) is 0.812. The molecule has 2 aliphatic heterocycles. The molecule has 34 heavy (non-hydrogen) atoms. The molecule has 0 aliphatic carbocycles. The molecule has 1 N–H and O–H groups in total. The molecule has 0 spiro atoms. The second kappa shape index (κ2) is 11.0. The monoisotopic (exact) mass is 510 g/mol. The molecule has 184 valence electrons. The molecule has 0 bridgehead atoms. The second-order valence-electron chi connectivity index (χ2n) is 7.48. The summed E-state index contributed by atoms with van der Waals surface area (Å²) in [6.07, 6.45) is 1.58. The van der Waals surface area contributed by atoms with Gasteiger partial charge in [0.25, 0.3) is 10.0 Å². The first kappa shape index (κ1) is 25.8. The zero-order chi connectivity index (χ0) is 23.4. The van der Waals surface area contributed by atoms with Gasteiger partial charge in [-0.05, 0) is 35.9 Å². The Labute approximate surface area is 204 Å². The van der Waals surface area contributed by atoms with E-state index in [9.17, 15) is 13.5 Å². The van der Waals surface area contributed by atoms with Crippen LogP contribution in [0.1, 0.15) is 11.1 Å². The van der Waals surface area contributed by atoms with Crippen molar-refractivity contribution < 1.29 is 27.7 Å². The Hall–Kier alpha value is -2.86. The summed E-state index contributed by atoms with van der Waals surface area (Å²) in [5, 5.41) is 16.0. The molecule has 0 saturated carbocycles. The van der Waals surface area contributed by atoms with Crippen molar-refractivity contribution in [2.45, 2.75) is 4.90 Å². The van der Waals surface area contributed by atoms with E-state index < -0.39 is 10.0 Å². The number of amidine groups is 1. The van der Waals surface area contributed by atoms with Crippen LogP contribution in [0.4, 0.5) is 0 Å². The van der Waals surface area contributed by atoms with Crippen molar-refractivity contribution in [3.63, 3.8) is 0 Å². The third-order valence-corrected chi connectivity index (χ3v) is 6.78. The van der Waals surface area contributed by atoms with Crippen LogP contribution in [0.5, 0.6) is 17.2 Å². The van der Waals surface area contributed by atoms with Crippen molar-refractivity contribution >= 4 is 34.5 Å². The number of rotatable bonds is 7. The van der Waals surface area contributed by atoms with E-state index in [4.69, 9.17) is 14.2 Å². The van der Waals surface area contributed by atoms with Crippen LogP contribution >= 0.6 is 12.4 Å². The van der Waals surface area contributed by atoms with E-state index in [-0.39, 0.29) is 34.6 Å². The number of hydrogen-bond donors (Lipinski definition) is 1. The number of phenols is 1. The minimum Gasteiger partial charge on any atom is -0.504 e.